The normalized spacial score (nSPS) is 12.4. The van der Waals surface area contributed by atoms with Crippen molar-refractivity contribution in [3.05, 3.63) is 41.4 Å². The van der Waals surface area contributed by atoms with E-state index in [4.69, 9.17) is 5.41 Å². The summed E-state index contributed by atoms with van der Waals surface area (Å²) in [6.45, 7) is 3.04. The van der Waals surface area contributed by atoms with Gasteiger partial charge in [-0.15, -0.1) is 0 Å². The van der Waals surface area contributed by atoms with Gasteiger partial charge >= 0.3 is 6.18 Å². The highest BCUT2D eigenvalue weighted by molar-refractivity contribution is 5.97. The highest BCUT2D eigenvalue weighted by atomic mass is 19.4. The van der Waals surface area contributed by atoms with Crippen LogP contribution in [0, 0.1) is 18.2 Å². The number of aryl methyl sites for hydroxylation is 1. The number of hydrogen-bond donors (Lipinski definition) is 2. The van der Waals surface area contributed by atoms with Gasteiger partial charge in [0.15, 0.2) is 0 Å². The smallest absolute Gasteiger partial charge is 0.359 e. The summed E-state index contributed by atoms with van der Waals surface area (Å²) in [7, 11) is 0. The largest absolute Gasteiger partial charge is 0.432 e. The van der Waals surface area contributed by atoms with Crippen LogP contribution in [0.15, 0.2) is 30.0 Å². The van der Waals surface area contributed by atoms with Crippen LogP contribution in [0.25, 0.3) is 0 Å². The van der Waals surface area contributed by atoms with Gasteiger partial charge in [-0.25, -0.2) is 4.39 Å². The fraction of sp³-hybridized carbons (Fsp3) is 0.250. The lowest BCUT2D eigenvalue weighted by Gasteiger charge is -2.11. The van der Waals surface area contributed by atoms with E-state index in [1.54, 1.807) is 6.92 Å². The van der Waals surface area contributed by atoms with Crippen LogP contribution in [0.1, 0.15) is 12.5 Å². The van der Waals surface area contributed by atoms with Crippen LogP contribution in [0.2, 0.25) is 0 Å². The van der Waals surface area contributed by atoms with Crippen LogP contribution in [0.5, 0.6) is 0 Å². The lowest BCUT2D eigenvalue weighted by atomic mass is 10.2. The molecule has 1 rings (SSSR count). The second-order valence-electron chi connectivity index (χ2n) is 3.82. The Balaban J connectivity index is 2.85. The van der Waals surface area contributed by atoms with Crippen molar-refractivity contribution in [3.8, 4) is 0 Å². The lowest BCUT2D eigenvalue weighted by Crippen LogP contribution is -2.20. The third kappa shape index (κ3) is 3.87. The first-order valence-corrected chi connectivity index (χ1v) is 5.07. The average molecular weight is 260 g/mol. The fourth-order valence-corrected chi connectivity index (χ4v) is 1.31. The molecular weight excluding hydrogens is 248 g/mol. The summed E-state index contributed by atoms with van der Waals surface area (Å²) < 4.78 is 49.2. The van der Waals surface area contributed by atoms with Crippen molar-refractivity contribution in [3.63, 3.8) is 0 Å². The molecule has 2 nitrogen and oxygen atoms in total. The molecule has 0 amide bonds. The summed E-state index contributed by atoms with van der Waals surface area (Å²) in [6.07, 6.45) is -3.98. The Kier molecular flexibility index (Phi) is 4.11. The van der Waals surface area contributed by atoms with Crippen molar-refractivity contribution in [1.29, 1.82) is 5.41 Å². The zero-order valence-corrected chi connectivity index (χ0v) is 9.82. The summed E-state index contributed by atoms with van der Waals surface area (Å²) >= 11 is 0. The minimum Gasteiger partial charge on any atom is -0.359 e. The van der Waals surface area contributed by atoms with Crippen molar-refractivity contribution in [2.24, 2.45) is 0 Å². The zero-order chi connectivity index (χ0) is 13.9. The molecule has 6 heteroatoms. The Hall–Kier alpha value is -1.85. The molecule has 0 aliphatic rings. The fourth-order valence-electron chi connectivity index (χ4n) is 1.31. The maximum absolute atomic E-state index is 12.8. The predicted molar refractivity (Wildman–Crippen MR) is 62.3 cm³/mol. The number of halogens is 4. The molecule has 98 valence electrons. The molecule has 1 aromatic carbocycles. The maximum atomic E-state index is 12.8. The minimum absolute atomic E-state index is 0.159. The van der Waals surface area contributed by atoms with E-state index in [1.165, 1.54) is 25.1 Å². The number of benzene rings is 1. The first-order valence-electron chi connectivity index (χ1n) is 5.07. The zero-order valence-electron chi connectivity index (χ0n) is 9.82. The standard InChI is InChI=1S/C12H12F4N2/c1-7-5-9(13)3-4-10(7)18-8(2)6-11(17)12(14,15)16/h3-6,17-18H,1-2H3/b8-6-,17-11?. The summed E-state index contributed by atoms with van der Waals surface area (Å²) in [5.74, 6) is -0.414. The third-order valence-electron chi connectivity index (χ3n) is 2.19. The van der Waals surface area contributed by atoms with Gasteiger partial charge in [-0.2, -0.15) is 13.2 Å². The van der Waals surface area contributed by atoms with Gasteiger partial charge in [-0.1, -0.05) is 0 Å². The van der Waals surface area contributed by atoms with Crippen LogP contribution in [0.4, 0.5) is 23.2 Å². The molecule has 0 aromatic heterocycles. The highest BCUT2D eigenvalue weighted by Crippen LogP contribution is 2.20. The average Bonchev–Trinajstić information content (AvgIpc) is 2.20. The lowest BCUT2D eigenvalue weighted by molar-refractivity contribution is -0.0584. The summed E-state index contributed by atoms with van der Waals surface area (Å²) in [5, 5.41) is 9.52. The molecule has 0 unspecified atom stereocenters. The Labute approximate surface area is 102 Å². The van der Waals surface area contributed by atoms with Gasteiger partial charge in [0.1, 0.15) is 11.5 Å². The Morgan fingerprint density at radius 3 is 2.44 bits per heavy atom. The first kappa shape index (κ1) is 14.2. The van der Waals surface area contributed by atoms with Crippen LogP contribution in [-0.4, -0.2) is 11.9 Å². The van der Waals surface area contributed by atoms with Crippen LogP contribution >= 0.6 is 0 Å². The van der Waals surface area contributed by atoms with E-state index in [9.17, 15) is 17.6 Å². The molecule has 0 radical (unpaired) electrons. The summed E-state index contributed by atoms with van der Waals surface area (Å²) in [4.78, 5) is 0. The number of alkyl halides is 3. The van der Waals surface area contributed by atoms with Gasteiger partial charge in [0.05, 0.1) is 0 Å². The molecule has 0 bridgehead atoms. The Bertz CT molecular complexity index is 489. The molecule has 0 spiro atoms. The van der Waals surface area contributed by atoms with Crippen LogP contribution < -0.4 is 5.32 Å². The SMILES string of the molecule is C/C(=C/C(=N)C(F)(F)F)Nc1ccc(F)cc1C. The monoisotopic (exact) mass is 260 g/mol. The van der Waals surface area contributed by atoms with Gasteiger partial charge in [0.25, 0.3) is 0 Å². The van der Waals surface area contributed by atoms with Gasteiger partial charge in [-0.05, 0) is 43.7 Å². The van der Waals surface area contributed by atoms with E-state index in [2.05, 4.69) is 5.32 Å². The molecule has 0 heterocycles. The maximum Gasteiger partial charge on any atom is 0.432 e. The van der Waals surface area contributed by atoms with Crippen molar-refractivity contribution in [1.82, 2.24) is 0 Å². The molecule has 0 aliphatic carbocycles. The number of hydrogen-bond acceptors (Lipinski definition) is 2. The van der Waals surface area contributed by atoms with E-state index < -0.39 is 17.7 Å². The molecule has 0 saturated heterocycles. The van der Waals surface area contributed by atoms with Crippen molar-refractivity contribution >= 4 is 11.4 Å². The summed E-state index contributed by atoms with van der Waals surface area (Å²) in [5.41, 5.74) is -0.208. The van der Waals surface area contributed by atoms with Crippen LogP contribution in [-0.2, 0) is 0 Å². The molecule has 18 heavy (non-hydrogen) atoms. The molecule has 0 aliphatic heterocycles. The van der Waals surface area contributed by atoms with E-state index in [0.29, 0.717) is 17.3 Å². The van der Waals surface area contributed by atoms with Crippen molar-refractivity contribution in [2.75, 3.05) is 5.32 Å². The van der Waals surface area contributed by atoms with Crippen molar-refractivity contribution < 1.29 is 17.6 Å². The third-order valence-corrected chi connectivity index (χ3v) is 2.19. The van der Waals surface area contributed by atoms with Gasteiger partial charge in [-0.3, -0.25) is 5.41 Å². The summed E-state index contributed by atoms with van der Waals surface area (Å²) in [6, 6.07) is 3.90. The number of anilines is 1. The molecule has 1 aromatic rings. The number of rotatable bonds is 3. The molecule has 0 fully saturated rings. The van der Waals surface area contributed by atoms with E-state index >= 15 is 0 Å². The number of nitrogens with one attached hydrogen (secondary N) is 2. The van der Waals surface area contributed by atoms with Gasteiger partial charge in [0, 0.05) is 11.4 Å². The second kappa shape index (κ2) is 5.20. The Morgan fingerprint density at radius 2 is 1.94 bits per heavy atom. The molecular formula is C12H12F4N2. The topological polar surface area (TPSA) is 35.9 Å². The quantitative estimate of drug-likeness (QED) is 0.624. The van der Waals surface area contributed by atoms with Gasteiger partial charge in [0.2, 0.25) is 0 Å². The second-order valence-corrected chi connectivity index (χ2v) is 3.82. The van der Waals surface area contributed by atoms with Crippen molar-refractivity contribution in [2.45, 2.75) is 20.0 Å². The highest BCUT2D eigenvalue weighted by Gasteiger charge is 2.32. The van der Waals surface area contributed by atoms with Gasteiger partial charge < -0.3 is 5.32 Å². The minimum atomic E-state index is -4.67. The number of allylic oxidation sites excluding steroid dienone is 2. The molecule has 0 saturated carbocycles. The first-order chi connectivity index (χ1) is 8.20. The predicted octanol–water partition coefficient (Wildman–Crippen LogP) is 4.03. The molecule has 2 N–H and O–H groups in total. The van der Waals surface area contributed by atoms with Crippen LogP contribution in [0.3, 0.4) is 0 Å². The van der Waals surface area contributed by atoms with E-state index in [1.807, 2.05) is 0 Å². The van der Waals surface area contributed by atoms with E-state index in [-0.39, 0.29) is 5.70 Å². The Morgan fingerprint density at radius 1 is 1.33 bits per heavy atom. The molecule has 0 atom stereocenters. The van der Waals surface area contributed by atoms with E-state index in [0.717, 1.165) is 0 Å².